The van der Waals surface area contributed by atoms with Gasteiger partial charge < -0.3 is 13.7 Å². The van der Waals surface area contributed by atoms with Crippen molar-refractivity contribution in [2.45, 2.75) is 38.0 Å². The molecule has 0 bridgehead atoms. The van der Waals surface area contributed by atoms with E-state index in [4.69, 9.17) is 8.83 Å². The van der Waals surface area contributed by atoms with Gasteiger partial charge in [0.1, 0.15) is 16.7 Å². The van der Waals surface area contributed by atoms with E-state index in [9.17, 15) is 0 Å². The minimum atomic E-state index is 0.547. The van der Waals surface area contributed by atoms with Crippen LogP contribution in [0.15, 0.2) is 154 Å². The Kier molecular flexibility index (Phi) is 6.58. The van der Waals surface area contributed by atoms with Crippen LogP contribution >= 0.6 is 0 Å². The molecule has 3 nitrogen and oxygen atoms in total. The van der Waals surface area contributed by atoms with Crippen molar-refractivity contribution in [2.75, 3.05) is 4.90 Å². The third-order valence-corrected chi connectivity index (χ3v) is 10.7. The van der Waals surface area contributed by atoms with E-state index in [1.807, 2.05) is 6.07 Å². The van der Waals surface area contributed by atoms with Gasteiger partial charge in [-0.1, -0.05) is 128 Å². The molecule has 236 valence electrons. The van der Waals surface area contributed by atoms with Crippen LogP contribution in [0.25, 0.3) is 65.8 Å². The third-order valence-electron chi connectivity index (χ3n) is 10.7. The highest BCUT2D eigenvalue weighted by molar-refractivity contribution is 6.16. The Hall–Kier alpha value is -5.80. The highest BCUT2D eigenvalue weighted by Gasteiger charge is 2.25. The van der Waals surface area contributed by atoms with Gasteiger partial charge >= 0.3 is 0 Å². The van der Waals surface area contributed by atoms with E-state index in [0.717, 1.165) is 55.6 Å². The van der Waals surface area contributed by atoms with Crippen molar-refractivity contribution in [3.05, 3.63) is 151 Å². The van der Waals surface area contributed by atoms with E-state index in [-0.39, 0.29) is 0 Å². The van der Waals surface area contributed by atoms with Gasteiger partial charge in [0.15, 0.2) is 5.58 Å². The summed E-state index contributed by atoms with van der Waals surface area (Å²) < 4.78 is 13.5. The Bertz CT molecular complexity index is 2650. The van der Waals surface area contributed by atoms with Crippen LogP contribution in [-0.4, -0.2) is 0 Å². The molecule has 3 heteroatoms. The van der Waals surface area contributed by atoms with Crippen molar-refractivity contribution in [3.63, 3.8) is 0 Å². The minimum absolute atomic E-state index is 0.547. The first-order chi connectivity index (χ1) is 24.3. The molecule has 1 saturated carbocycles. The fourth-order valence-electron chi connectivity index (χ4n) is 8.36. The van der Waals surface area contributed by atoms with E-state index < -0.39 is 0 Å². The number of nitrogens with zero attached hydrogens (tertiary/aromatic N) is 1. The highest BCUT2D eigenvalue weighted by Crippen LogP contribution is 2.48. The Morgan fingerprint density at radius 2 is 1.12 bits per heavy atom. The smallest absolute Gasteiger partial charge is 0.159 e. The minimum Gasteiger partial charge on any atom is -0.456 e. The first kappa shape index (κ1) is 28.2. The van der Waals surface area contributed by atoms with Crippen LogP contribution in [0, 0.1) is 0 Å². The number of hydrogen-bond donors (Lipinski definition) is 0. The second kappa shape index (κ2) is 11.4. The predicted molar refractivity (Wildman–Crippen MR) is 204 cm³/mol. The summed E-state index contributed by atoms with van der Waals surface area (Å²) in [5.41, 5.74) is 10.6. The third kappa shape index (κ3) is 4.57. The van der Waals surface area contributed by atoms with Gasteiger partial charge in [-0.3, -0.25) is 0 Å². The monoisotopic (exact) mass is 633 g/mol. The summed E-state index contributed by atoms with van der Waals surface area (Å²) in [5, 5.41) is 7.03. The van der Waals surface area contributed by atoms with Gasteiger partial charge in [-0.15, -0.1) is 0 Å². The van der Waals surface area contributed by atoms with Crippen LogP contribution in [0.2, 0.25) is 0 Å². The number of hydrogen-bond acceptors (Lipinski definition) is 3. The van der Waals surface area contributed by atoms with E-state index in [1.165, 1.54) is 65.0 Å². The van der Waals surface area contributed by atoms with Gasteiger partial charge in [0.25, 0.3) is 0 Å². The van der Waals surface area contributed by atoms with Crippen molar-refractivity contribution in [1.82, 2.24) is 0 Å². The van der Waals surface area contributed by atoms with Gasteiger partial charge in [-0.05, 0) is 82.6 Å². The molecule has 0 spiro atoms. The van der Waals surface area contributed by atoms with Crippen molar-refractivity contribution < 1.29 is 8.83 Å². The number of anilines is 3. The number of fused-ring (bicyclic) bond motifs is 7. The van der Waals surface area contributed by atoms with Crippen LogP contribution < -0.4 is 4.90 Å². The lowest BCUT2D eigenvalue weighted by atomic mass is 9.83. The summed E-state index contributed by atoms with van der Waals surface area (Å²) in [6.07, 6.45) is 6.37. The van der Waals surface area contributed by atoms with Gasteiger partial charge in [-0.25, -0.2) is 0 Å². The molecule has 0 amide bonds. The summed E-state index contributed by atoms with van der Waals surface area (Å²) in [6, 6.07) is 52.1. The second-order valence-electron chi connectivity index (χ2n) is 13.5. The average molecular weight is 634 g/mol. The zero-order chi connectivity index (χ0) is 32.3. The molecule has 0 aliphatic heterocycles. The van der Waals surface area contributed by atoms with Crippen LogP contribution in [-0.2, 0) is 0 Å². The molecule has 2 heterocycles. The number of furan rings is 2. The molecule has 1 fully saturated rings. The normalized spacial score (nSPS) is 14.0. The van der Waals surface area contributed by atoms with E-state index in [2.05, 4.69) is 144 Å². The van der Waals surface area contributed by atoms with Crippen molar-refractivity contribution >= 4 is 71.7 Å². The second-order valence-corrected chi connectivity index (χ2v) is 13.5. The van der Waals surface area contributed by atoms with Crippen molar-refractivity contribution in [2.24, 2.45) is 0 Å². The molecule has 0 N–H and O–H groups in total. The topological polar surface area (TPSA) is 29.5 Å². The maximum Gasteiger partial charge on any atom is 0.159 e. The lowest BCUT2D eigenvalue weighted by Gasteiger charge is -2.26. The molecule has 1 aliphatic rings. The first-order valence-corrected chi connectivity index (χ1v) is 17.5. The molecule has 0 unspecified atom stereocenters. The summed E-state index contributed by atoms with van der Waals surface area (Å²) in [7, 11) is 0. The maximum absolute atomic E-state index is 7.05. The molecule has 2 aromatic heterocycles. The van der Waals surface area contributed by atoms with E-state index in [1.54, 1.807) is 0 Å². The largest absolute Gasteiger partial charge is 0.456 e. The molecule has 0 saturated heterocycles. The van der Waals surface area contributed by atoms with E-state index in [0.29, 0.717) is 5.92 Å². The van der Waals surface area contributed by atoms with Crippen LogP contribution in [0.4, 0.5) is 17.1 Å². The number of benzene rings is 7. The summed E-state index contributed by atoms with van der Waals surface area (Å²) in [5.74, 6) is 0.547. The Balaban J connectivity index is 1.21. The zero-order valence-electron chi connectivity index (χ0n) is 27.2. The van der Waals surface area contributed by atoms with Crippen molar-refractivity contribution in [3.8, 4) is 11.1 Å². The maximum atomic E-state index is 7.05. The number of para-hydroxylation sites is 3. The lowest BCUT2D eigenvalue weighted by Crippen LogP contribution is -2.10. The fourth-order valence-corrected chi connectivity index (χ4v) is 8.36. The molecule has 49 heavy (non-hydrogen) atoms. The SMILES string of the molecule is c1ccc2c(-c3ccc(N(c4cccc5c4oc4c(C6CCCCC6)cccc45)c4cccc5oc6ccccc6c45)cc3)cccc2c1. The molecule has 0 radical (unpaired) electrons. The van der Waals surface area contributed by atoms with Crippen LogP contribution in [0.5, 0.6) is 0 Å². The molecule has 9 aromatic rings. The Labute approximate surface area is 285 Å². The quantitative estimate of drug-likeness (QED) is 0.189. The Morgan fingerprint density at radius 1 is 0.469 bits per heavy atom. The first-order valence-electron chi connectivity index (χ1n) is 17.5. The fraction of sp³-hybridized carbons (Fsp3) is 0.130. The highest BCUT2D eigenvalue weighted by atomic mass is 16.3. The van der Waals surface area contributed by atoms with Gasteiger partial charge in [0, 0.05) is 21.8 Å². The Morgan fingerprint density at radius 3 is 2.00 bits per heavy atom. The summed E-state index contributed by atoms with van der Waals surface area (Å²) in [4.78, 5) is 2.36. The van der Waals surface area contributed by atoms with Crippen LogP contribution in [0.3, 0.4) is 0 Å². The molecule has 7 aromatic carbocycles. The van der Waals surface area contributed by atoms with Gasteiger partial charge in [0.2, 0.25) is 0 Å². The number of rotatable bonds is 5. The van der Waals surface area contributed by atoms with Gasteiger partial charge in [-0.2, -0.15) is 0 Å². The molecular weight excluding hydrogens is 599 g/mol. The lowest BCUT2D eigenvalue weighted by molar-refractivity contribution is 0.442. The molecule has 0 atom stereocenters. The van der Waals surface area contributed by atoms with Gasteiger partial charge in [0.05, 0.1) is 16.8 Å². The molecular formula is C46H35NO2. The molecule has 1 aliphatic carbocycles. The van der Waals surface area contributed by atoms with E-state index >= 15 is 0 Å². The van der Waals surface area contributed by atoms with Crippen LogP contribution in [0.1, 0.15) is 43.6 Å². The summed E-state index contributed by atoms with van der Waals surface area (Å²) >= 11 is 0. The summed E-state index contributed by atoms with van der Waals surface area (Å²) in [6.45, 7) is 0. The zero-order valence-corrected chi connectivity index (χ0v) is 27.2. The predicted octanol–water partition coefficient (Wildman–Crippen LogP) is 13.8. The average Bonchev–Trinajstić information content (AvgIpc) is 3.75. The van der Waals surface area contributed by atoms with Crippen molar-refractivity contribution in [1.29, 1.82) is 0 Å². The standard InChI is InChI=1S/C46H35NO2/c1-2-12-31(13-3-1)36-19-9-20-37-38-21-10-23-41(46(38)49-45(36)37)47(40-22-11-25-43-44(40)39-17-6-7-24-42(39)48-43)33-28-26-32(27-29-33)35-18-8-15-30-14-4-5-16-34(30)35/h4-11,14-29,31H,1-3,12-13H2. The molecule has 10 rings (SSSR count).